The Kier molecular flexibility index (Phi) is 4.54. The summed E-state index contributed by atoms with van der Waals surface area (Å²) in [6.07, 6.45) is 4.85. The molecular formula is C16H29NO2. The molecule has 2 fully saturated rings. The molecule has 110 valence electrons. The number of hydrogen-bond acceptors (Lipinski definition) is 3. The number of carbonyl (C=O) groups excluding carboxylic acids is 1. The monoisotopic (exact) mass is 267 g/mol. The van der Waals surface area contributed by atoms with E-state index in [0.717, 1.165) is 6.54 Å². The molecule has 2 aliphatic rings. The first kappa shape index (κ1) is 14.8. The number of esters is 1. The molecule has 2 saturated carbocycles. The molecule has 0 saturated heterocycles. The van der Waals surface area contributed by atoms with E-state index in [-0.39, 0.29) is 17.4 Å². The summed E-state index contributed by atoms with van der Waals surface area (Å²) in [5.74, 6) is 1.99. The lowest BCUT2D eigenvalue weighted by molar-refractivity contribution is -0.153. The highest BCUT2D eigenvalue weighted by Gasteiger charge is 2.58. The van der Waals surface area contributed by atoms with E-state index >= 15 is 0 Å². The molecule has 0 aromatic heterocycles. The zero-order chi connectivity index (χ0) is 14.0. The van der Waals surface area contributed by atoms with E-state index in [1.807, 2.05) is 6.92 Å². The molecule has 1 N–H and O–H groups in total. The molecule has 0 amide bonds. The van der Waals surface area contributed by atoms with Crippen LogP contribution in [0.2, 0.25) is 0 Å². The summed E-state index contributed by atoms with van der Waals surface area (Å²) >= 11 is 0. The van der Waals surface area contributed by atoms with Crippen molar-refractivity contribution in [2.75, 3.05) is 13.2 Å². The van der Waals surface area contributed by atoms with Gasteiger partial charge in [-0.3, -0.25) is 4.79 Å². The predicted molar refractivity (Wildman–Crippen MR) is 76.8 cm³/mol. The zero-order valence-corrected chi connectivity index (χ0v) is 12.9. The molecule has 2 bridgehead atoms. The average Bonchev–Trinajstić information content (AvgIpc) is 2.87. The first-order valence-electron chi connectivity index (χ1n) is 7.90. The van der Waals surface area contributed by atoms with Gasteiger partial charge in [-0.05, 0) is 63.8 Å². The van der Waals surface area contributed by atoms with Gasteiger partial charge in [0.25, 0.3) is 0 Å². The fourth-order valence-electron chi connectivity index (χ4n) is 4.16. The van der Waals surface area contributed by atoms with Crippen molar-refractivity contribution in [1.82, 2.24) is 5.32 Å². The Morgan fingerprint density at radius 2 is 2.16 bits per heavy atom. The van der Waals surface area contributed by atoms with Crippen LogP contribution in [0.5, 0.6) is 0 Å². The largest absolute Gasteiger partial charge is 0.466 e. The third-order valence-corrected chi connectivity index (χ3v) is 5.21. The lowest BCUT2D eigenvalue weighted by atomic mass is 9.73. The summed E-state index contributed by atoms with van der Waals surface area (Å²) in [7, 11) is 0. The number of carbonyl (C=O) groups is 1. The molecule has 2 aliphatic carbocycles. The van der Waals surface area contributed by atoms with E-state index in [1.54, 1.807) is 0 Å². The third kappa shape index (κ3) is 2.81. The number of rotatable bonds is 6. The molecule has 19 heavy (non-hydrogen) atoms. The normalized spacial score (nSPS) is 37.0. The van der Waals surface area contributed by atoms with Crippen LogP contribution in [0, 0.1) is 23.7 Å². The maximum atomic E-state index is 12.3. The van der Waals surface area contributed by atoms with Gasteiger partial charge >= 0.3 is 5.97 Å². The van der Waals surface area contributed by atoms with Gasteiger partial charge in [-0.2, -0.15) is 0 Å². The lowest BCUT2D eigenvalue weighted by Crippen LogP contribution is -2.56. The molecule has 0 spiro atoms. The minimum absolute atomic E-state index is 0.0225. The standard InChI is InChI=1S/C16H29NO2/c1-5-19-15(18)14-12-6-7-13(10-12)16(14,4)17-9-8-11(2)3/h11-14,17H,5-10H2,1-4H3/t12-,13+,14-,16-/m0/s1. The van der Waals surface area contributed by atoms with Gasteiger partial charge in [0, 0.05) is 5.54 Å². The summed E-state index contributed by atoms with van der Waals surface area (Å²) in [5.41, 5.74) is -0.0376. The first-order chi connectivity index (χ1) is 8.99. The van der Waals surface area contributed by atoms with Crippen molar-refractivity contribution in [1.29, 1.82) is 0 Å². The van der Waals surface area contributed by atoms with Crippen LogP contribution in [0.25, 0.3) is 0 Å². The van der Waals surface area contributed by atoms with Crippen molar-refractivity contribution >= 4 is 5.97 Å². The van der Waals surface area contributed by atoms with E-state index in [2.05, 4.69) is 26.1 Å². The quantitative estimate of drug-likeness (QED) is 0.752. The van der Waals surface area contributed by atoms with Crippen LogP contribution in [0.3, 0.4) is 0 Å². The second-order valence-corrected chi connectivity index (χ2v) is 6.89. The van der Waals surface area contributed by atoms with Crippen LogP contribution < -0.4 is 5.32 Å². The average molecular weight is 267 g/mol. The zero-order valence-electron chi connectivity index (χ0n) is 12.9. The second kappa shape index (κ2) is 5.82. The van der Waals surface area contributed by atoms with E-state index in [9.17, 15) is 4.79 Å². The molecule has 0 aromatic rings. The highest BCUT2D eigenvalue weighted by atomic mass is 16.5. The lowest BCUT2D eigenvalue weighted by Gasteiger charge is -2.41. The summed E-state index contributed by atoms with van der Waals surface area (Å²) in [6.45, 7) is 10.1. The Morgan fingerprint density at radius 1 is 1.42 bits per heavy atom. The molecule has 3 nitrogen and oxygen atoms in total. The summed E-state index contributed by atoms with van der Waals surface area (Å²) in [5, 5.41) is 3.71. The van der Waals surface area contributed by atoms with Crippen molar-refractivity contribution in [3.05, 3.63) is 0 Å². The van der Waals surface area contributed by atoms with Crippen LogP contribution in [-0.4, -0.2) is 24.7 Å². The van der Waals surface area contributed by atoms with Crippen LogP contribution in [0.15, 0.2) is 0 Å². The molecule has 3 heteroatoms. The Hall–Kier alpha value is -0.570. The van der Waals surface area contributed by atoms with Crippen LogP contribution in [-0.2, 0) is 9.53 Å². The van der Waals surface area contributed by atoms with Crippen molar-refractivity contribution in [2.24, 2.45) is 23.7 Å². The Labute approximate surface area is 117 Å². The van der Waals surface area contributed by atoms with Gasteiger partial charge in [0.05, 0.1) is 12.5 Å². The number of hydrogen-bond donors (Lipinski definition) is 1. The van der Waals surface area contributed by atoms with Crippen LogP contribution in [0.1, 0.15) is 53.4 Å². The molecule has 0 radical (unpaired) electrons. The van der Waals surface area contributed by atoms with Gasteiger partial charge in [0.15, 0.2) is 0 Å². The fraction of sp³-hybridized carbons (Fsp3) is 0.938. The second-order valence-electron chi connectivity index (χ2n) is 6.89. The van der Waals surface area contributed by atoms with Gasteiger partial charge < -0.3 is 10.1 Å². The van der Waals surface area contributed by atoms with Crippen molar-refractivity contribution < 1.29 is 9.53 Å². The number of fused-ring (bicyclic) bond motifs is 2. The van der Waals surface area contributed by atoms with Crippen LogP contribution in [0.4, 0.5) is 0 Å². The predicted octanol–water partition coefficient (Wildman–Crippen LogP) is 2.99. The third-order valence-electron chi connectivity index (χ3n) is 5.21. The highest BCUT2D eigenvalue weighted by Crippen LogP contribution is 2.54. The maximum Gasteiger partial charge on any atom is 0.311 e. The smallest absolute Gasteiger partial charge is 0.311 e. The summed E-state index contributed by atoms with van der Waals surface area (Å²) < 4.78 is 5.32. The van der Waals surface area contributed by atoms with Gasteiger partial charge in [-0.15, -0.1) is 0 Å². The van der Waals surface area contributed by atoms with E-state index in [1.165, 1.54) is 25.7 Å². The van der Waals surface area contributed by atoms with Crippen molar-refractivity contribution in [3.8, 4) is 0 Å². The molecule has 0 aromatic carbocycles. The Balaban J connectivity index is 2.04. The van der Waals surface area contributed by atoms with E-state index < -0.39 is 0 Å². The van der Waals surface area contributed by atoms with Gasteiger partial charge in [0.2, 0.25) is 0 Å². The molecule has 4 atom stereocenters. The molecule has 2 rings (SSSR count). The van der Waals surface area contributed by atoms with E-state index in [0.29, 0.717) is 24.4 Å². The SMILES string of the molecule is CCOC(=O)[C@@H]1[C@H]2CC[C@H](C2)[C@]1(C)NCCC(C)C. The maximum absolute atomic E-state index is 12.3. The Morgan fingerprint density at radius 3 is 2.79 bits per heavy atom. The molecular weight excluding hydrogens is 238 g/mol. The minimum atomic E-state index is -0.0376. The van der Waals surface area contributed by atoms with Gasteiger partial charge in [-0.25, -0.2) is 0 Å². The van der Waals surface area contributed by atoms with Crippen LogP contribution >= 0.6 is 0 Å². The summed E-state index contributed by atoms with van der Waals surface area (Å²) in [4.78, 5) is 12.3. The molecule has 0 aliphatic heterocycles. The van der Waals surface area contributed by atoms with Crippen molar-refractivity contribution in [3.63, 3.8) is 0 Å². The topological polar surface area (TPSA) is 38.3 Å². The highest BCUT2D eigenvalue weighted by molar-refractivity contribution is 5.75. The molecule has 0 heterocycles. The Bertz CT molecular complexity index is 329. The first-order valence-corrected chi connectivity index (χ1v) is 7.90. The molecule has 0 unspecified atom stereocenters. The minimum Gasteiger partial charge on any atom is -0.466 e. The summed E-state index contributed by atoms with van der Waals surface area (Å²) in [6, 6.07) is 0. The number of nitrogens with one attached hydrogen (secondary N) is 1. The fourth-order valence-corrected chi connectivity index (χ4v) is 4.16. The van der Waals surface area contributed by atoms with Gasteiger partial charge in [0.1, 0.15) is 0 Å². The van der Waals surface area contributed by atoms with E-state index in [4.69, 9.17) is 4.74 Å². The van der Waals surface area contributed by atoms with Gasteiger partial charge in [-0.1, -0.05) is 13.8 Å². The van der Waals surface area contributed by atoms with Crippen molar-refractivity contribution in [2.45, 2.75) is 58.9 Å². The number of ether oxygens (including phenoxy) is 1.